The number of hydrogen-bond donors (Lipinski definition) is 1. The van der Waals surface area contributed by atoms with Crippen molar-refractivity contribution in [2.75, 3.05) is 11.9 Å². The molecule has 0 aliphatic rings. The summed E-state index contributed by atoms with van der Waals surface area (Å²) in [5.41, 5.74) is 3.64. The minimum atomic E-state index is -0.482. The van der Waals surface area contributed by atoms with E-state index in [-0.39, 0.29) is 12.5 Å². The Labute approximate surface area is 166 Å². The zero-order chi connectivity index (χ0) is 19.7. The monoisotopic (exact) mass is 402 g/mol. The zero-order valence-corrected chi connectivity index (χ0v) is 17.0. The third-order valence-corrected chi connectivity index (χ3v) is 5.85. The Balaban J connectivity index is 2.18. The second-order valence-corrected chi connectivity index (χ2v) is 7.49. The van der Waals surface area contributed by atoms with Gasteiger partial charge in [-0.15, -0.1) is 11.3 Å². The number of benzene rings is 1. The number of nitrogens with zero attached hydrogens (tertiary/aromatic N) is 1. The van der Waals surface area contributed by atoms with Crippen LogP contribution in [0, 0.1) is 20.8 Å². The van der Waals surface area contributed by atoms with E-state index in [1.54, 1.807) is 31.2 Å². The number of carbonyl (C=O) groups is 2. The van der Waals surface area contributed by atoms with Crippen LogP contribution in [0.2, 0.25) is 5.02 Å². The molecule has 0 bridgehead atoms. The summed E-state index contributed by atoms with van der Waals surface area (Å²) in [4.78, 5) is 30.9. The summed E-state index contributed by atoms with van der Waals surface area (Å²) in [5, 5.41) is 3.96. The molecule has 2 aromatic heterocycles. The van der Waals surface area contributed by atoms with E-state index in [4.69, 9.17) is 16.3 Å². The van der Waals surface area contributed by atoms with E-state index in [2.05, 4.69) is 10.3 Å². The summed E-state index contributed by atoms with van der Waals surface area (Å²) in [5.74, 6) is -0.867. The molecule has 0 radical (unpaired) electrons. The van der Waals surface area contributed by atoms with Crippen LogP contribution < -0.4 is 5.32 Å². The van der Waals surface area contributed by atoms with Gasteiger partial charge in [-0.1, -0.05) is 23.7 Å². The molecule has 7 heteroatoms. The van der Waals surface area contributed by atoms with Crippen molar-refractivity contribution in [2.24, 2.45) is 0 Å². The number of ether oxygens (including phenoxy) is 1. The fourth-order valence-electron chi connectivity index (χ4n) is 2.83. The van der Waals surface area contributed by atoms with Gasteiger partial charge < -0.3 is 10.1 Å². The van der Waals surface area contributed by atoms with Crippen LogP contribution in [0.3, 0.4) is 0 Å². The smallest absolute Gasteiger partial charge is 0.350 e. The lowest BCUT2D eigenvalue weighted by atomic mass is 10.0. The highest BCUT2D eigenvalue weighted by atomic mass is 35.5. The number of carbonyl (C=O) groups excluding carboxylic acids is 2. The molecule has 0 fully saturated rings. The molecule has 3 rings (SSSR count). The largest absolute Gasteiger partial charge is 0.462 e. The third kappa shape index (κ3) is 3.55. The Morgan fingerprint density at radius 2 is 1.89 bits per heavy atom. The molecule has 1 aromatic carbocycles. The van der Waals surface area contributed by atoms with Gasteiger partial charge >= 0.3 is 5.97 Å². The molecule has 0 aliphatic carbocycles. The molecule has 27 heavy (non-hydrogen) atoms. The van der Waals surface area contributed by atoms with Crippen LogP contribution >= 0.6 is 22.9 Å². The number of halogens is 1. The molecule has 0 unspecified atom stereocenters. The molecule has 1 amide bonds. The predicted octanol–water partition coefficient (Wildman–Crippen LogP) is 5.30. The van der Waals surface area contributed by atoms with Crippen molar-refractivity contribution >= 4 is 50.7 Å². The Morgan fingerprint density at radius 3 is 2.56 bits per heavy atom. The maximum absolute atomic E-state index is 12.8. The van der Waals surface area contributed by atoms with Gasteiger partial charge in [-0.3, -0.25) is 4.79 Å². The van der Waals surface area contributed by atoms with Crippen LogP contribution in [0.1, 0.15) is 43.8 Å². The van der Waals surface area contributed by atoms with Crippen LogP contribution in [-0.2, 0) is 4.74 Å². The van der Waals surface area contributed by atoms with Crippen molar-refractivity contribution in [1.29, 1.82) is 0 Å². The highest BCUT2D eigenvalue weighted by molar-refractivity contribution is 7.21. The van der Waals surface area contributed by atoms with E-state index in [1.165, 1.54) is 11.3 Å². The molecule has 0 aliphatic heterocycles. The number of aromatic nitrogens is 1. The molecular formula is C20H19ClN2O3S. The summed E-state index contributed by atoms with van der Waals surface area (Å²) >= 11 is 7.36. The van der Waals surface area contributed by atoms with Crippen LogP contribution in [0.4, 0.5) is 5.69 Å². The van der Waals surface area contributed by atoms with Crippen molar-refractivity contribution < 1.29 is 14.3 Å². The van der Waals surface area contributed by atoms with Crippen molar-refractivity contribution in [3.63, 3.8) is 0 Å². The second kappa shape index (κ2) is 7.66. The fourth-order valence-corrected chi connectivity index (χ4v) is 4.18. The maximum Gasteiger partial charge on any atom is 0.350 e. The number of fused-ring (bicyclic) bond motifs is 1. The maximum atomic E-state index is 12.8. The lowest BCUT2D eigenvalue weighted by Gasteiger charge is -2.11. The topological polar surface area (TPSA) is 68.3 Å². The third-order valence-electron chi connectivity index (χ3n) is 4.46. The molecule has 0 spiro atoms. The summed E-state index contributed by atoms with van der Waals surface area (Å²) in [6, 6.07) is 6.77. The highest BCUT2D eigenvalue weighted by Gasteiger charge is 2.25. The highest BCUT2D eigenvalue weighted by Crippen LogP contribution is 2.39. The fraction of sp³-hybridized carbons (Fsp3) is 0.250. The second-order valence-electron chi connectivity index (χ2n) is 6.09. The minimum Gasteiger partial charge on any atom is -0.462 e. The lowest BCUT2D eigenvalue weighted by molar-refractivity contribution is 0.0533. The standard InChI is InChI=1S/C20H19ClN2O3S/c1-5-26-20(25)17-16(23-18(24)13-8-6-7-9-14(13)21)15-11(3)10(2)12(4)22-19(15)27-17/h6-9H,5H2,1-4H3,(H,23,24). The van der Waals surface area contributed by atoms with Gasteiger partial charge in [0.05, 0.1) is 22.9 Å². The van der Waals surface area contributed by atoms with Crippen molar-refractivity contribution in [2.45, 2.75) is 27.7 Å². The molecule has 0 atom stereocenters. The van der Waals surface area contributed by atoms with Crippen molar-refractivity contribution in [3.05, 3.63) is 56.5 Å². The molecule has 3 aromatic rings. The van der Waals surface area contributed by atoms with Gasteiger partial charge in [0.25, 0.3) is 5.91 Å². The van der Waals surface area contributed by atoms with E-state index in [9.17, 15) is 9.59 Å². The van der Waals surface area contributed by atoms with Crippen molar-refractivity contribution in [1.82, 2.24) is 4.98 Å². The Kier molecular flexibility index (Phi) is 5.48. The summed E-state index contributed by atoms with van der Waals surface area (Å²) in [6.45, 7) is 7.84. The van der Waals surface area contributed by atoms with Crippen LogP contribution in [0.5, 0.6) is 0 Å². The first-order valence-electron chi connectivity index (χ1n) is 8.48. The number of rotatable bonds is 4. The van der Waals surface area contributed by atoms with Gasteiger partial charge in [0.1, 0.15) is 9.71 Å². The first-order chi connectivity index (χ1) is 12.8. The van der Waals surface area contributed by atoms with Gasteiger partial charge in [0, 0.05) is 11.1 Å². The van der Waals surface area contributed by atoms with Gasteiger partial charge in [-0.25, -0.2) is 9.78 Å². The predicted molar refractivity (Wildman–Crippen MR) is 109 cm³/mol. The molecule has 2 heterocycles. The number of thiophene rings is 1. The number of hydrogen-bond acceptors (Lipinski definition) is 5. The van der Waals surface area contributed by atoms with Gasteiger partial charge in [-0.05, 0) is 51.0 Å². The molecule has 5 nitrogen and oxygen atoms in total. The summed E-state index contributed by atoms with van der Waals surface area (Å²) in [6.07, 6.45) is 0. The molecule has 0 saturated heterocycles. The van der Waals surface area contributed by atoms with Crippen LogP contribution in [-0.4, -0.2) is 23.5 Å². The molecular weight excluding hydrogens is 384 g/mol. The Hall–Kier alpha value is -2.44. The van der Waals surface area contributed by atoms with Crippen LogP contribution in [0.15, 0.2) is 24.3 Å². The van der Waals surface area contributed by atoms with Gasteiger partial charge in [0.15, 0.2) is 0 Å². The number of nitrogens with one attached hydrogen (secondary N) is 1. The Bertz CT molecular complexity index is 1060. The number of esters is 1. The molecule has 1 N–H and O–H groups in total. The molecule has 140 valence electrons. The van der Waals surface area contributed by atoms with E-state index >= 15 is 0 Å². The quantitative estimate of drug-likeness (QED) is 0.601. The zero-order valence-electron chi connectivity index (χ0n) is 15.5. The first kappa shape index (κ1) is 19.3. The number of anilines is 1. The molecule has 0 saturated carbocycles. The normalized spacial score (nSPS) is 10.9. The van der Waals surface area contributed by atoms with E-state index in [0.717, 1.165) is 22.2 Å². The minimum absolute atomic E-state index is 0.245. The van der Waals surface area contributed by atoms with Crippen LogP contribution in [0.25, 0.3) is 10.2 Å². The van der Waals surface area contributed by atoms with Crippen molar-refractivity contribution in [3.8, 4) is 0 Å². The number of pyridine rings is 1. The first-order valence-corrected chi connectivity index (χ1v) is 9.67. The van der Waals surface area contributed by atoms with E-state index < -0.39 is 5.97 Å². The average Bonchev–Trinajstić information content (AvgIpc) is 2.98. The summed E-state index contributed by atoms with van der Waals surface area (Å²) in [7, 11) is 0. The van der Waals surface area contributed by atoms with Gasteiger partial charge in [-0.2, -0.15) is 0 Å². The van der Waals surface area contributed by atoms with E-state index in [0.29, 0.717) is 26.0 Å². The van der Waals surface area contributed by atoms with E-state index in [1.807, 2.05) is 20.8 Å². The number of amides is 1. The average molecular weight is 403 g/mol. The lowest BCUT2D eigenvalue weighted by Crippen LogP contribution is -2.15. The Morgan fingerprint density at radius 1 is 1.19 bits per heavy atom. The summed E-state index contributed by atoms with van der Waals surface area (Å²) < 4.78 is 5.18. The SMILES string of the molecule is CCOC(=O)c1sc2nc(C)c(C)c(C)c2c1NC(=O)c1ccccc1Cl. The number of aryl methyl sites for hydroxylation is 2. The van der Waals surface area contributed by atoms with Gasteiger partial charge in [0.2, 0.25) is 0 Å².